The first kappa shape index (κ1) is 13.0. The third kappa shape index (κ3) is 2.35. The smallest absolute Gasteiger partial charge is 0.200 e. The molecule has 0 fully saturated rings. The summed E-state index contributed by atoms with van der Waals surface area (Å²) in [6, 6.07) is 3.19. The summed E-state index contributed by atoms with van der Waals surface area (Å²) >= 11 is 0. The first-order valence-electron chi connectivity index (χ1n) is 5.35. The van der Waals surface area contributed by atoms with E-state index in [1.54, 1.807) is 19.1 Å². The molecule has 16 heavy (non-hydrogen) atoms. The van der Waals surface area contributed by atoms with Gasteiger partial charge in [-0.1, -0.05) is 20.3 Å². The molecule has 0 spiro atoms. The highest BCUT2D eigenvalue weighted by atomic mass is 32.2. The largest absolute Gasteiger partial charge is 0.396 e. The maximum absolute atomic E-state index is 12.2. The zero-order valence-corrected chi connectivity index (χ0v) is 10.7. The summed E-state index contributed by atoms with van der Waals surface area (Å²) in [7, 11) is -3.42. The quantitative estimate of drug-likeness (QED) is 0.874. The average Bonchev–Trinajstić information content (AvgIpc) is 2.27. The lowest BCUT2D eigenvalue weighted by Gasteiger charge is -2.18. The van der Waals surface area contributed by atoms with Gasteiger partial charge in [-0.3, -0.25) is 0 Å². The molecular weight excluding hydrogens is 224 g/mol. The molecule has 0 radical (unpaired) electrons. The van der Waals surface area contributed by atoms with Crippen molar-refractivity contribution < 1.29 is 8.42 Å². The van der Waals surface area contributed by atoms with Crippen molar-refractivity contribution in [2.24, 2.45) is 5.92 Å². The van der Waals surface area contributed by atoms with Crippen LogP contribution in [-0.2, 0) is 9.84 Å². The second kappa shape index (κ2) is 4.82. The van der Waals surface area contributed by atoms with Gasteiger partial charge in [0.05, 0.1) is 10.9 Å². The molecule has 0 saturated heterocycles. The van der Waals surface area contributed by atoms with Crippen LogP contribution in [0.15, 0.2) is 23.4 Å². The third-order valence-corrected chi connectivity index (χ3v) is 5.33. The van der Waals surface area contributed by atoms with Gasteiger partial charge in [0.25, 0.3) is 0 Å². The van der Waals surface area contributed by atoms with E-state index in [0.717, 1.165) is 6.42 Å². The summed E-state index contributed by atoms with van der Waals surface area (Å²) in [5, 5.41) is -0.461. The summed E-state index contributed by atoms with van der Waals surface area (Å²) in [5.74, 6) is 0.0893. The fraction of sp³-hybridized carbons (Fsp3) is 0.545. The second-order valence-electron chi connectivity index (χ2n) is 4.03. The highest BCUT2D eigenvalue weighted by molar-refractivity contribution is 7.92. The molecular formula is C11H18N2O2S. The monoisotopic (exact) mass is 242 g/mol. The van der Waals surface area contributed by atoms with Crippen molar-refractivity contribution in [3.8, 4) is 0 Å². The molecule has 0 saturated carbocycles. The van der Waals surface area contributed by atoms with Gasteiger partial charge in [-0.2, -0.15) is 0 Å². The van der Waals surface area contributed by atoms with Gasteiger partial charge in [0.2, 0.25) is 9.84 Å². The number of hydrogen-bond acceptors (Lipinski definition) is 4. The number of pyridine rings is 1. The van der Waals surface area contributed by atoms with Crippen LogP contribution < -0.4 is 5.73 Å². The minimum atomic E-state index is -3.42. The summed E-state index contributed by atoms with van der Waals surface area (Å²) in [5.41, 5.74) is 5.86. The molecule has 1 aromatic rings. The van der Waals surface area contributed by atoms with Crippen LogP contribution >= 0.6 is 0 Å². The number of anilines is 1. The van der Waals surface area contributed by atoms with Crippen molar-refractivity contribution in [2.45, 2.75) is 37.5 Å². The van der Waals surface area contributed by atoms with Crippen molar-refractivity contribution in [1.29, 1.82) is 0 Å². The molecule has 0 amide bonds. The van der Waals surface area contributed by atoms with E-state index in [9.17, 15) is 8.42 Å². The van der Waals surface area contributed by atoms with Gasteiger partial charge in [-0.25, -0.2) is 13.4 Å². The first-order valence-corrected chi connectivity index (χ1v) is 6.90. The van der Waals surface area contributed by atoms with Crippen LogP contribution in [-0.4, -0.2) is 18.7 Å². The standard InChI is InChI=1S/C11H18N2O2S/c1-4-8(2)9(3)16(14,15)11-10(12)6-5-7-13-11/h5-9H,4,12H2,1-3H3/t8-,9?/m1/s1. The Kier molecular flexibility index (Phi) is 3.91. The number of sulfone groups is 1. The minimum Gasteiger partial charge on any atom is -0.396 e. The second-order valence-corrected chi connectivity index (χ2v) is 6.25. The third-order valence-electron chi connectivity index (χ3n) is 3.00. The predicted molar refractivity (Wildman–Crippen MR) is 64.8 cm³/mol. The van der Waals surface area contributed by atoms with E-state index in [4.69, 9.17) is 5.73 Å². The Hall–Kier alpha value is -1.10. The first-order chi connectivity index (χ1) is 7.41. The molecule has 0 aliphatic rings. The molecule has 1 rings (SSSR count). The maximum atomic E-state index is 12.2. The molecule has 5 heteroatoms. The Labute approximate surface area is 96.8 Å². The van der Waals surface area contributed by atoms with Crippen LogP contribution in [0.2, 0.25) is 0 Å². The molecule has 2 N–H and O–H groups in total. The Morgan fingerprint density at radius 3 is 2.56 bits per heavy atom. The zero-order chi connectivity index (χ0) is 12.3. The maximum Gasteiger partial charge on any atom is 0.200 e. The summed E-state index contributed by atoms with van der Waals surface area (Å²) in [6.45, 7) is 5.59. The molecule has 2 atom stereocenters. The Morgan fingerprint density at radius 2 is 2.06 bits per heavy atom. The Balaban J connectivity index is 3.17. The number of aromatic nitrogens is 1. The molecule has 0 aliphatic heterocycles. The van der Waals surface area contributed by atoms with Crippen molar-refractivity contribution in [2.75, 3.05) is 5.73 Å². The van der Waals surface area contributed by atoms with Gasteiger partial charge in [0.15, 0.2) is 5.03 Å². The number of hydrogen-bond donors (Lipinski definition) is 1. The number of nitrogens with two attached hydrogens (primary N) is 1. The van der Waals surface area contributed by atoms with Crippen molar-refractivity contribution in [3.63, 3.8) is 0 Å². The molecule has 0 bridgehead atoms. The Morgan fingerprint density at radius 1 is 1.44 bits per heavy atom. The van der Waals surface area contributed by atoms with E-state index in [1.807, 2.05) is 13.8 Å². The molecule has 1 aromatic heterocycles. The predicted octanol–water partition coefficient (Wildman–Crippen LogP) is 1.87. The SMILES string of the molecule is CC[C@@H](C)C(C)S(=O)(=O)c1ncccc1N. The average molecular weight is 242 g/mol. The fourth-order valence-electron chi connectivity index (χ4n) is 1.45. The van der Waals surface area contributed by atoms with Crippen molar-refractivity contribution in [3.05, 3.63) is 18.3 Å². The zero-order valence-electron chi connectivity index (χ0n) is 9.84. The van der Waals surface area contributed by atoms with E-state index >= 15 is 0 Å². The van der Waals surface area contributed by atoms with E-state index in [2.05, 4.69) is 4.98 Å². The highest BCUT2D eigenvalue weighted by Crippen LogP contribution is 2.25. The van der Waals surface area contributed by atoms with Crippen LogP contribution in [0.3, 0.4) is 0 Å². The van der Waals surface area contributed by atoms with Crippen LogP contribution in [0.25, 0.3) is 0 Å². The molecule has 0 aromatic carbocycles. The normalized spacial score (nSPS) is 15.7. The van der Waals surface area contributed by atoms with Gasteiger partial charge in [-0.15, -0.1) is 0 Å². The molecule has 1 heterocycles. The van der Waals surface area contributed by atoms with E-state index in [-0.39, 0.29) is 16.6 Å². The van der Waals surface area contributed by atoms with E-state index < -0.39 is 15.1 Å². The van der Waals surface area contributed by atoms with Gasteiger partial charge in [-0.05, 0) is 25.0 Å². The van der Waals surface area contributed by atoms with Crippen molar-refractivity contribution >= 4 is 15.5 Å². The molecule has 90 valence electrons. The number of nitrogen functional groups attached to an aromatic ring is 1. The fourth-order valence-corrected chi connectivity index (χ4v) is 3.22. The van der Waals surface area contributed by atoms with Gasteiger partial charge >= 0.3 is 0 Å². The summed E-state index contributed by atoms with van der Waals surface area (Å²) in [6.07, 6.45) is 2.26. The number of rotatable bonds is 4. The van der Waals surface area contributed by atoms with Crippen LogP contribution in [0.4, 0.5) is 5.69 Å². The van der Waals surface area contributed by atoms with Crippen LogP contribution in [0.1, 0.15) is 27.2 Å². The highest BCUT2D eigenvalue weighted by Gasteiger charge is 2.29. The van der Waals surface area contributed by atoms with Gasteiger partial charge in [0, 0.05) is 6.20 Å². The summed E-state index contributed by atoms with van der Waals surface area (Å²) in [4.78, 5) is 3.87. The summed E-state index contributed by atoms with van der Waals surface area (Å²) < 4.78 is 24.4. The lowest BCUT2D eigenvalue weighted by atomic mass is 10.1. The lowest BCUT2D eigenvalue weighted by molar-refractivity contribution is 0.508. The molecule has 4 nitrogen and oxygen atoms in total. The van der Waals surface area contributed by atoms with Crippen LogP contribution in [0.5, 0.6) is 0 Å². The van der Waals surface area contributed by atoms with Crippen molar-refractivity contribution in [1.82, 2.24) is 4.98 Å². The minimum absolute atomic E-state index is 0.00259. The lowest BCUT2D eigenvalue weighted by Crippen LogP contribution is -2.26. The van der Waals surface area contributed by atoms with E-state index in [1.165, 1.54) is 6.20 Å². The molecule has 0 aliphatic carbocycles. The topological polar surface area (TPSA) is 73.0 Å². The van der Waals surface area contributed by atoms with E-state index in [0.29, 0.717) is 0 Å². The van der Waals surface area contributed by atoms with Gasteiger partial charge in [0.1, 0.15) is 0 Å². The Bertz CT molecular complexity index is 457. The number of nitrogens with zero attached hydrogens (tertiary/aromatic N) is 1. The van der Waals surface area contributed by atoms with Gasteiger partial charge < -0.3 is 5.73 Å². The molecule has 1 unspecified atom stereocenters. The van der Waals surface area contributed by atoms with Crippen LogP contribution in [0, 0.1) is 5.92 Å².